The summed E-state index contributed by atoms with van der Waals surface area (Å²) in [6.07, 6.45) is 0. The normalized spacial score (nSPS) is 10.4. The van der Waals surface area contributed by atoms with Crippen LogP contribution in [0.4, 0.5) is 0 Å². The van der Waals surface area contributed by atoms with E-state index in [1.165, 1.54) is 6.07 Å². The van der Waals surface area contributed by atoms with Crippen LogP contribution in [-0.4, -0.2) is 11.1 Å². The van der Waals surface area contributed by atoms with E-state index in [0.717, 1.165) is 10.0 Å². The second kappa shape index (κ2) is 6.46. The number of rotatable bonds is 5. The summed E-state index contributed by atoms with van der Waals surface area (Å²) >= 11 is 3.43. The maximum absolute atomic E-state index is 11.2. The number of ether oxygens (including phenoxy) is 1. The zero-order valence-electron chi connectivity index (χ0n) is 9.93. The Bertz CT molecular complexity index is 571. The van der Waals surface area contributed by atoms with Crippen LogP contribution in [0, 0.1) is 0 Å². The van der Waals surface area contributed by atoms with E-state index in [1.54, 1.807) is 0 Å². The minimum atomic E-state index is -0.499. The number of carbonyl (C=O) groups is 1. The number of nitrogen functional groups attached to an aromatic ring is 1. The molecule has 2 aromatic rings. The van der Waals surface area contributed by atoms with Crippen molar-refractivity contribution < 1.29 is 14.1 Å². The van der Waals surface area contributed by atoms with Crippen molar-refractivity contribution >= 4 is 21.8 Å². The van der Waals surface area contributed by atoms with E-state index in [-0.39, 0.29) is 12.3 Å². The number of hydrogen-bond donors (Lipinski definition) is 2. The van der Waals surface area contributed by atoms with Crippen LogP contribution in [0.15, 0.2) is 39.3 Å². The van der Waals surface area contributed by atoms with Gasteiger partial charge in [-0.1, -0.05) is 39.3 Å². The molecule has 0 radical (unpaired) electrons. The van der Waals surface area contributed by atoms with Gasteiger partial charge in [0.05, 0.1) is 6.61 Å². The molecule has 0 saturated heterocycles. The van der Waals surface area contributed by atoms with Gasteiger partial charge in [0.1, 0.15) is 6.61 Å². The molecule has 0 unspecified atom stereocenters. The summed E-state index contributed by atoms with van der Waals surface area (Å²) in [5, 5.41) is 3.57. The van der Waals surface area contributed by atoms with E-state index >= 15 is 0 Å². The standard InChI is InChI=1S/C12H12BrN3O3/c13-10-4-2-1-3-8(10)6-18-7-9-5-11(16-19-9)12(17)15-14/h1-5H,6-7,14H2,(H,15,17). The van der Waals surface area contributed by atoms with Crippen LogP contribution in [0.2, 0.25) is 0 Å². The highest BCUT2D eigenvalue weighted by Crippen LogP contribution is 2.17. The molecule has 1 amide bonds. The largest absolute Gasteiger partial charge is 0.369 e. The van der Waals surface area contributed by atoms with Crippen LogP contribution in [-0.2, 0) is 18.0 Å². The number of hydrazine groups is 1. The minimum absolute atomic E-state index is 0.127. The van der Waals surface area contributed by atoms with Gasteiger partial charge in [0.2, 0.25) is 0 Å². The smallest absolute Gasteiger partial charge is 0.287 e. The van der Waals surface area contributed by atoms with Crippen molar-refractivity contribution in [1.29, 1.82) is 0 Å². The lowest BCUT2D eigenvalue weighted by atomic mass is 10.2. The number of hydrogen-bond acceptors (Lipinski definition) is 5. The number of nitrogens with two attached hydrogens (primary N) is 1. The Hall–Kier alpha value is -1.70. The third-order valence-electron chi connectivity index (χ3n) is 2.38. The topological polar surface area (TPSA) is 90.4 Å². The first-order valence-corrected chi connectivity index (χ1v) is 6.27. The summed E-state index contributed by atoms with van der Waals surface area (Å²) in [5.41, 5.74) is 3.13. The van der Waals surface area contributed by atoms with Crippen molar-refractivity contribution in [3.63, 3.8) is 0 Å². The van der Waals surface area contributed by atoms with E-state index in [4.69, 9.17) is 15.1 Å². The zero-order chi connectivity index (χ0) is 13.7. The summed E-state index contributed by atoms with van der Waals surface area (Å²) in [6, 6.07) is 9.25. The summed E-state index contributed by atoms with van der Waals surface area (Å²) < 4.78 is 11.4. The number of carbonyl (C=O) groups excluding carboxylic acids is 1. The van der Waals surface area contributed by atoms with Gasteiger partial charge in [-0.2, -0.15) is 0 Å². The average Bonchev–Trinajstić information content (AvgIpc) is 2.89. The van der Waals surface area contributed by atoms with Crippen LogP contribution >= 0.6 is 15.9 Å². The van der Waals surface area contributed by atoms with Crippen LogP contribution in [0.5, 0.6) is 0 Å². The molecule has 3 N–H and O–H groups in total. The molecule has 100 valence electrons. The summed E-state index contributed by atoms with van der Waals surface area (Å²) in [7, 11) is 0. The van der Waals surface area contributed by atoms with Gasteiger partial charge < -0.3 is 9.26 Å². The molecule has 0 aliphatic rings. The Balaban J connectivity index is 1.88. The quantitative estimate of drug-likeness (QED) is 0.496. The van der Waals surface area contributed by atoms with Gasteiger partial charge in [0.15, 0.2) is 11.5 Å². The predicted octanol–water partition coefficient (Wildman–Crippen LogP) is 1.76. The maximum Gasteiger partial charge on any atom is 0.287 e. The molecule has 0 atom stereocenters. The molecule has 0 fully saturated rings. The molecule has 6 nitrogen and oxygen atoms in total. The fourth-order valence-electron chi connectivity index (χ4n) is 1.44. The number of nitrogens with one attached hydrogen (secondary N) is 1. The molecule has 1 aromatic carbocycles. The molecule has 7 heteroatoms. The van der Waals surface area contributed by atoms with E-state index < -0.39 is 5.91 Å². The van der Waals surface area contributed by atoms with Crippen molar-refractivity contribution in [3.05, 3.63) is 51.8 Å². The lowest BCUT2D eigenvalue weighted by Gasteiger charge is -2.03. The molecule has 1 heterocycles. The van der Waals surface area contributed by atoms with Gasteiger partial charge in [-0.25, -0.2) is 5.84 Å². The Morgan fingerprint density at radius 3 is 2.95 bits per heavy atom. The van der Waals surface area contributed by atoms with Crippen molar-refractivity contribution in [3.8, 4) is 0 Å². The fraction of sp³-hybridized carbons (Fsp3) is 0.167. The fourth-order valence-corrected chi connectivity index (χ4v) is 1.84. The molecule has 0 aliphatic heterocycles. The number of aromatic nitrogens is 1. The Kier molecular flexibility index (Phi) is 4.67. The number of halogens is 1. The summed E-state index contributed by atoms with van der Waals surface area (Å²) in [4.78, 5) is 11.2. The van der Waals surface area contributed by atoms with Crippen molar-refractivity contribution in [2.24, 2.45) is 5.84 Å². The molecule has 0 saturated carbocycles. The Morgan fingerprint density at radius 1 is 1.42 bits per heavy atom. The molecule has 0 aliphatic carbocycles. The van der Waals surface area contributed by atoms with Gasteiger partial charge in [0, 0.05) is 10.5 Å². The Labute approximate surface area is 118 Å². The predicted molar refractivity (Wildman–Crippen MR) is 70.8 cm³/mol. The van der Waals surface area contributed by atoms with Gasteiger partial charge in [-0.15, -0.1) is 0 Å². The molecular formula is C12H12BrN3O3. The van der Waals surface area contributed by atoms with Crippen LogP contribution in [0.3, 0.4) is 0 Å². The molecule has 19 heavy (non-hydrogen) atoms. The zero-order valence-corrected chi connectivity index (χ0v) is 11.5. The molecule has 0 spiro atoms. The molecule has 0 bridgehead atoms. The van der Waals surface area contributed by atoms with E-state index in [0.29, 0.717) is 12.4 Å². The van der Waals surface area contributed by atoms with Crippen molar-refractivity contribution in [1.82, 2.24) is 10.6 Å². The molecular weight excluding hydrogens is 314 g/mol. The van der Waals surface area contributed by atoms with Gasteiger partial charge in [-0.05, 0) is 11.6 Å². The summed E-state index contributed by atoms with van der Waals surface area (Å²) in [5.74, 6) is 4.95. The highest BCUT2D eigenvalue weighted by Gasteiger charge is 2.11. The molecule has 2 rings (SSSR count). The summed E-state index contributed by atoms with van der Waals surface area (Å²) in [6.45, 7) is 0.659. The minimum Gasteiger partial charge on any atom is -0.369 e. The van der Waals surface area contributed by atoms with Crippen LogP contribution in [0.1, 0.15) is 21.8 Å². The third-order valence-corrected chi connectivity index (χ3v) is 3.16. The van der Waals surface area contributed by atoms with Crippen LogP contribution in [0.25, 0.3) is 0 Å². The van der Waals surface area contributed by atoms with Gasteiger partial charge in [0.25, 0.3) is 5.91 Å². The number of amides is 1. The van der Waals surface area contributed by atoms with E-state index in [2.05, 4.69) is 21.1 Å². The number of benzene rings is 1. The van der Waals surface area contributed by atoms with E-state index in [9.17, 15) is 4.79 Å². The van der Waals surface area contributed by atoms with E-state index in [1.807, 2.05) is 29.7 Å². The van der Waals surface area contributed by atoms with Crippen LogP contribution < -0.4 is 11.3 Å². The monoisotopic (exact) mass is 325 g/mol. The highest BCUT2D eigenvalue weighted by atomic mass is 79.9. The van der Waals surface area contributed by atoms with Gasteiger partial charge >= 0.3 is 0 Å². The lowest BCUT2D eigenvalue weighted by molar-refractivity contribution is 0.0874. The highest BCUT2D eigenvalue weighted by molar-refractivity contribution is 9.10. The van der Waals surface area contributed by atoms with Crippen molar-refractivity contribution in [2.45, 2.75) is 13.2 Å². The third kappa shape index (κ3) is 3.63. The first kappa shape index (κ1) is 13.7. The first-order valence-electron chi connectivity index (χ1n) is 5.48. The SMILES string of the molecule is NNC(=O)c1cc(COCc2ccccc2Br)on1. The second-order valence-corrected chi connectivity index (χ2v) is 4.59. The second-order valence-electron chi connectivity index (χ2n) is 3.74. The number of nitrogens with zero attached hydrogens (tertiary/aromatic N) is 1. The maximum atomic E-state index is 11.2. The van der Waals surface area contributed by atoms with Gasteiger partial charge in [-0.3, -0.25) is 10.2 Å². The Morgan fingerprint density at radius 2 is 2.21 bits per heavy atom. The molecule has 1 aromatic heterocycles. The lowest BCUT2D eigenvalue weighted by Crippen LogP contribution is -2.30. The first-order chi connectivity index (χ1) is 9.20. The van der Waals surface area contributed by atoms with Crippen molar-refractivity contribution in [2.75, 3.05) is 0 Å². The average molecular weight is 326 g/mol.